The SMILES string of the molecule is c1ccc2cc(-c3nc(-c4ccc(-c5cccc6ccccc56)cc4)nc(-c4nccc5oc6cc7ccccc7cc6c45)n3)ccc2c1. The number of fused-ring (bicyclic) bond motifs is 6. The van der Waals surface area contributed by atoms with Gasteiger partial charge in [-0.05, 0) is 67.7 Å². The van der Waals surface area contributed by atoms with Crippen LogP contribution in [0, 0.1) is 0 Å². The van der Waals surface area contributed by atoms with Crippen molar-refractivity contribution in [1.82, 2.24) is 19.9 Å². The lowest BCUT2D eigenvalue weighted by Gasteiger charge is -2.11. The van der Waals surface area contributed by atoms with E-state index in [1.165, 1.54) is 16.3 Å². The average molecular weight is 627 g/mol. The summed E-state index contributed by atoms with van der Waals surface area (Å²) in [6, 6.07) is 52.5. The van der Waals surface area contributed by atoms with Gasteiger partial charge in [0.1, 0.15) is 16.9 Å². The minimum atomic E-state index is 0.493. The molecule has 0 radical (unpaired) electrons. The van der Waals surface area contributed by atoms with Crippen molar-refractivity contribution in [3.8, 4) is 45.4 Å². The van der Waals surface area contributed by atoms with Crippen molar-refractivity contribution >= 4 is 54.3 Å². The number of nitrogens with zero attached hydrogens (tertiary/aromatic N) is 4. The van der Waals surface area contributed by atoms with Crippen LogP contribution in [0.1, 0.15) is 0 Å². The second-order valence-corrected chi connectivity index (χ2v) is 12.3. The van der Waals surface area contributed by atoms with E-state index in [1.54, 1.807) is 6.20 Å². The van der Waals surface area contributed by atoms with E-state index in [0.29, 0.717) is 23.2 Å². The Morgan fingerprint density at radius 2 is 1.00 bits per heavy atom. The van der Waals surface area contributed by atoms with Gasteiger partial charge in [-0.1, -0.05) is 127 Å². The summed E-state index contributed by atoms with van der Waals surface area (Å²) in [6.45, 7) is 0. The summed E-state index contributed by atoms with van der Waals surface area (Å²) in [7, 11) is 0. The van der Waals surface area contributed by atoms with Gasteiger partial charge in [0, 0.05) is 22.7 Å². The van der Waals surface area contributed by atoms with E-state index >= 15 is 0 Å². The largest absolute Gasteiger partial charge is 0.456 e. The lowest BCUT2D eigenvalue weighted by atomic mass is 9.97. The molecule has 0 atom stereocenters. The first kappa shape index (κ1) is 27.4. The maximum absolute atomic E-state index is 6.38. The molecule has 3 heterocycles. The molecule has 0 unspecified atom stereocenters. The molecular formula is C44H26N4O. The third-order valence-electron chi connectivity index (χ3n) is 9.35. The van der Waals surface area contributed by atoms with Crippen LogP contribution in [0.2, 0.25) is 0 Å². The predicted octanol–water partition coefficient (Wildman–Crippen LogP) is 11.3. The minimum absolute atomic E-state index is 0.493. The van der Waals surface area contributed by atoms with Crippen LogP contribution in [0.4, 0.5) is 0 Å². The van der Waals surface area contributed by atoms with Gasteiger partial charge in [-0.3, -0.25) is 4.98 Å². The molecule has 5 nitrogen and oxygen atoms in total. The first-order chi connectivity index (χ1) is 24.2. The van der Waals surface area contributed by atoms with Crippen LogP contribution < -0.4 is 0 Å². The van der Waals surface area contributed by atoms with Crippen LogP contribution in [0.25, 0.3) is 99.7 Å². The zero-order valence-corrected chi connectivity index (χ0v) is 26.2. The molecule has 5 heteroatoms. The van der Waals surface area contributed by atoms with Crippen molar-refractivity contribution in [3.63, 3.8) is 0 Å². The summed E-state index contributed by atoms with van der Waals surface area (Å²) in [5.41, 5.74) is 6.32. The van der Waals surface area contributed by atoms with Crippen LogP contribution >= 0.6 is 0 Å². The van der Waals surface area contributed by atoms with Gasteiger partial charge in [-0.2, -0.15) is 0 Å². The Balaban J connectivity index is 1.17. The quantitative estimate of drug-likeness (QED) is 0.194. The molecule has 0 bridgehead atoms. The van der Waals surface area contributed by atoms with E-state index in [9.17, 15) is 0 Å². The summed E-state index contributed by atoms with van der Waals surface area (Å²) >= 11 is 0. The van der Waals surface area contributed by atoms with Crippen molar-refractivity contribution in [1.29, 1.82) is 0 Å². The molecule has 10 rings (SSSR count). The molecule has 0 saturated heterocycles. The molecular weight excluding hydrogens is 601 g/mol. The molecule has 0 N–H and O–H groups in total. The summed E-state index contributed by atoms with van der Waals surface area (Å²) in [5, 5.41) is 8.83. The zero-order chi connectivity index (χ0) is 32.3. The highest BCUT2D eigenvalue weighted by atomic mass is 16.3. The standard InChI is InChI=1S/C44H26N4O/c1-2-10-31-24-34(21-16-27(31)8-1)43-46-42(30-19-17-29(18-20-30)36-15-7-13-28-9-5-6-14-35(28)36)47-44(48-43)41-40-37-25-32-11-3-4-12-33(32)26-39(37)49-38(40)22-23-45-41/h1-26H. The topological polar surface area (TPSA) is 64.7 Å². The van der Waals surface area contributed by atoms with E-state index in [0.717, 1.165) is 60.2 Å². The Morgan fingerprint density at radius 3 is 1.82 bits per heavy atom. The Kier molecular flexibility index (Phi) is 6.11. The highest BCUT2D eigenvalue weighted by Gasteiger charge is 2.20. The maximum atomic E-state index is 6.38. The molecule has 10 aromatic rings. The van der Waals surface area contributed by atoms with Gasteiger partial charge in [-0.15, -0.1) is 0 Å². The second-order valence-electron chi connectivity index (χ2n) is 12.3. The Bertz CT molecular complexity index is 2890. The number of aromatic nitrogens is 4. The molecule has 0 saturated carbocycles. The molecule has 0 fully saturated rings. The smallest absolute Gasteiger partial charge is 0.183 e. The Labute approximate surface area is 281 Å². The normalized spacial score (nSPS) is 11.7. The van der Waals surface area contributed by atoms with Crippen molar-refractivity contribution in [2.75, 3.05) is 0 Å². The molecule has 0 spiro atoms. The first-order valence-electron chi connectivity index (χ1n) is 16.3. The lowest BCUT2D eigenvalue weighted by Crippen LogP contribution is -2.01. The van der Waals surface area contributed by atoms with Gasteiger partial charge in [0.2, 0.25) is 0 Å². The monoisotopic (exact) mass is 626 g/mol. The van der Waals surface area contributed by atoms with Crippen LogP contribution in [0.3, 0.4) is 0 Å². The molecule has 3 aromatic heterocycles. The molecule has 0 aliphatic heterocycles. The fourth-order valence-electron chi connectivity index (χ4n) is 6.92. The number of hydrogen-bond donors (Lipinski definition) is 0. The molecule has 0 aliphatic carbocycles. The van der Waals surface area contributed by atoms with Gasteiger partial charge in [-0.25, -0.2) is 15.0 Å². The summed E-state index contributed by atoms with van der Waals surface area (Å²) < 4.78 is 6.38. The average Bonchev–Trinajstić information content (AvgIpc) is 3.54. The molecule has 228 valence electrons. The third-order valence-corrected chi connectivity index (χ3v) is 9.35. The fraction of sp³-hybridized carbons (Fsp3) is 0. The highest BCUT2D eigenvalue weighted by Crippen LogP contribution is 2.38. The maximum Gasteiger partial charge on any atom is 0.183 e. The van der Waals surface area contributed by atoms with E-state index in [2.05, 4.69) is 127 Å². The van der Waals surface area contributed by atoms with Crippen LogP contribution in [0.15, 0.2) is 162 Å². The van der Waals surface area contributed by atoms with Gasteiger partial charge in [0.25, 0.3) is 0 Å². The van der Waals surface area contributed by atoms with Crippen LogP contribution in [0.5, 0.6) is 0 Å². The number of hydrogen-bond acceptors (Lipinski definition) is 5. The van der Waals surface area contributed by atoms with Crippen LogP contribution in [-0.2, 0) is 0 Å². The van der Waals surface area contributed by atoms with Crippen LogP contribution in [-0.4, -0.2) is 19.9 Å². The zero-order valence-electron chi connectivity index (χ0n) is 26.2. The van der Waals surface area contributed by atoms with Crippen molar-refractivity contribution in [2.45, 2.75) is 0 Å². The molecule has 0 amide bonds. The number of rotatable bonds is 4. The van der Waals surface area contributed by atoms with Crippen molar-refractivity contribution < 1.29 is 4.42 Å². The molecule has 49 heavy (non-hydrogen) atoms. The number of pyridine rings is 1. The molecule has 7 aromatic carbocycles. The second kappa shape index (κ2) is 10.9. The number of furan rings is 1. The van der Waals surface area contributed by atoms with E-state index in [4.69, 9.17) is 24.4 Å². The van der Waals surface area contributed by atoms with Gasteiger partial charge in [0.15, 0.2) is 17.5 Å². The van der Waals surface area contributed by atoms with Gasteiger partial charge in [0.05, 0.1) is 5.39 Å². The predicted molar refractivity (Wildman–Crippen MR) is 199 cm³/mol. The van der Waals surface area contributed by atoms with Gasteiger partial charge < -0.3 is 4.42 Å². The lowest BCUT2D eigenvalue weighted by molar-refractivity contribution is 0.669. The Hall–Kier alpha value is -6.72. The summed E-state index contributed by atoms with van der Waals surface area (Å²) in [5.74, 6) is 1.66. The van der Waals surface area contributed by atoms with Gasteiger partial charge >= 0.3 is 0 Å². The summed E-state index contributed by atoms with van der Waals surface area (Å²) in [4.78, 5) is 20.1. The van der Waals surface area contributed by atoms with E-state index < -0.39 is 0 Å². The molecule has 0 aliphatic rings. The minimum Gasteiger partial charge on any atom is -0.456 e. The fourth-order valence-corrected chi connectivity index (χ4v) is 6.92. The van der Waals surface area contributed by atoms with Crippen molar-refractivity contribution in [3.05, 3.63) is 158 Å². The first-order valence-corrected chi connectivity index (χ1v) is 16.3. The highest BCUT2D eigenvalue weighted by molar-refractivity contribution is 6.14. The summed E-state index contributed by atoms with van der Waals surface area (Å²) in [6.07, 6.45) is 1.76. The Morgan fingerprint density at radius 1 is 0.388 bits per heavy atom. The van der Waals surface area contributed by atoms with Crippen molar-refractivity contribution in [2.24, 2.45) is 0 Å². The van der Waals surface area contributed by atoms with E-state index in [-0.39, 0.29) is 0 Å². The van der Waals surface area contributed by atoms with E-state index in [1.807, 2.05) is 24.3 Å². The number of benzene rings is 7. The third kappa shape index (κ3) is 4.63.